The number of allylic oxidation sites excluding steroid dienone is 1. The van der Waals surface area contributed by atoms with Crippen molar-refractivity contribution < 1.29 is 4.79 Å². The Balaban J connectivity index is 2.69. The van der Waals surface area contributed by atoms with Crippen molar-refractivity contribution in [3.8, 4) is 0 Å². The number of rotatable bonds is 3. The van der Waals surface area contributed by atoms with E-state index in [2.05, 4.69) is 5.32 Å². The Hall–Kier alpha value is -1.77. The predicted molar refractivity (Wildman–Crippen MR) is 49.7 cm³/mol. The van der Waals surface area contributed by atoms with Crippen LogP contribution in [0.1, 0.15) is 0 Å². The predicted octanol–water partition coefficient (Wildman–Crippen LogP) is 1.39. The van der Waals surface area contributed by atoms with Gasteiger partial charge >= 0.3 is 0 Å². The average Bonchev–Trinajstić information content (AvgIpc) is 2.09. The van der Waals surface area contributed by atoms with Gasteiger partial charge in [-0.05, 0) is 18.2 Å². The highest BCUT2D eigenvalue weighted by Crippen LogP contribution is 2.15. The molecule has 0 spiro atoms. The van der Waals surface area contributed by atoms with Crippen LogP contribution in [-0.2, 0) is 4.79 Å². The summed E-state index contributed by atoms with van der Waals surface area (Å²) in [7, 11) is 0. The second-order valence-electron chi connectivity index (χ2n) is 2.23. The standard InChI is InChI=1S/C9H10N2O/c10-8-4-1-2-5-9(8)11-6-3-7-12/h1-7,11H,10H2/b6-3+. The number of anilines is 2. The fraction of sp³-hybridized carbons (Fsp3) is 0. The van der Waals surface area contributed by atoms with E-state index in [4.69, 9.17) is 5.73 Å². The molecule has 0 saturated carbocycles. The summed E-state index contributed by atoms with van der Waals surface area (Å²) in [5.74, 6) is 0. The summed E-state index contributed by atoms with van der Waals surface area (Å²) in [6.07, 6.45) is 3.61. The zero-order valence-electron chi connectivity index (χ0n) is 6.53. The molecule has 1 rings (SSSR count). The normalized spacial score (nSPS) is 10.0. The van der Waals surface area contributed by atoms with Crippen LogP contribution in [0.25, 0.3) is 0 Å². The molecule has 0 aliphatic heterocycles. The van der Waals surface area contributed by atoms with Gasteiger partial charge in [0, 0.05) is 6.20 Å². The molecule has 0 saturated heterocycles. The topological polar surface area (TPSA) is 55.1 Å². The first-order chi connectivity index (χ1) is 5.84. The minimum absolute atomic E-state index is 0.660. The van der Waals surface area contributed by atoms with Crippen LogP contribution in [0.3, 0.4) is 0 Å². The van der Waals surface area contributed by atoms with Gasteiger partial charge in [-0.25, -0.2) is 0 Å². The van der Waals surface area contributed by atoms with Crippen LogP contribution >= 0.6 is 0 Å². The van der Waals surface area contributed by atoms with Crippen molar-refractivity contribution in [3.05, 3.63) is 36.5 Å². The van der Waals surface area contributed by atoms with Gasteiger partial charge in [0.15, 0.2) is 0 Å². The highest BCUT2D eigenvalue weighted by molar-refractivity contribution is 5.69. The Kier molecular flexibility index (Phi) is 2.90. The molecule has 1 aromatic rings. The molecule has 3 heteroatoms. The van der Waals surface area contributed by atoms with Gasteiger partial charge < -0.3 is 11.1 Å². The zero-order valence-corrected chi connectivity index (χ0v) is 6.53. The number of nitrogens with one attached hydrogen (secondary N) is 1. The van der Waals surface area contributed by atoms with Gasteiger partial charge in [-0.15, -0.1) is 0 Å². The number of aldehydes is 1. The molecule has 3 nitrogen and oxygen atoms in total. The molecule has 0 aliphatic carbocycles. The third-order valence-corrected chi connectivity index (χ3v) is 1.37. The van der Waals surface area contributed by atoms with Crippen molar-refractivity contribution in [1.29, 1.82) is 0 Å². The Morgan fingerprint density at radius 3 is 2.75 bits per heavy atom. The van der Waals surface area contributed by atoms with Crippen molar-refractivity contribution in [2.45, 2.75) is 0 Å². The van der Waals surface area contributed by atoms with Gasteiger partial charge in [0.1, 0.15) is 6.29 Å². The third-order valence-electron chi connectivity index (χ3n) is 1.37. The van der Waals surface area contributed by atoms with Crippen LogP contribution in [-0.4, -0.2) is 6.29 Å². The quantitative estimate of drug-likeness (QED) is 0.401. The largest absolute Gasteiger partial charge is 0.397 e. The number of nitrogen functional groups attached to an aromatic ring is 1. The summed E-state index contributed by atoms with van der Waals surface area (Å²) < 4.78 is 0. The van der Waals surface area contributed by atoms with Crippen LogP contribution in [0.4, 0.5) is 11.4 Å². The first-order valence-electron chi connectivity index (χ1n) is 3.56. The molecular weight excluding hydrogens is 152 g/mol. The molecular formula is C9H10N2O. The minimum Gasteiger partial charge on any atom is -0.397 e. The van der Waals surface area contributed by atoms with E-state index in [9.17, 15) is 4.79 Å². The Morgan fingerprint density at radius 1 is 1.33 bits per heavy atom. The minimum atomic E-state index is 0.660. The van der Waals surface area contributed by atoms with Crippen LogP contribution in [0.2, 0.25) is 0 Å². The number of carbonyl (C=O) groups is 1. The summed E-state index contributed by atoms with van der Waals surface area (Å²) in [6, 6.07) is 7.35. The summed E-state index contributed by atoms with van der Waals surface area (Å²) in [6.45, 7) is 0. The molecule has 0 heterocycles. The molecule has 3 N–H and O–H groups in total. The summed E-state index contributed by atoms with van der Waals surface area (Å²) in [4.78, 5) is 9.92. The molecule has 62 valence electrons. The van der Waals surface area contributed by atoms with Gasteiger partial charge in [0.05, 0.1) is 11.4 Å². The number of carbonyl (C=O) groups excluding carboxylic acids is 1. The molecule has 12 heavy (non-hydrogen) atoms. The van der Waals surface area contributed by atoms with Gasteiger partial charge in [-0.3, -0.25) is 4.79 Å². The lowest BCUT2D eigenvalue weighted by Gasteiger charge is -2.02. The highest BCUT2D eigenvalue weighted by atomic mass is 16.1. The fourth-order valence-corrected chi connectivity index (χ4v) is 0.806. The lowest BCUT2D eigenvalue weighted by molar-refractivity contribution is -0.104. The van der Waals surface area contributed by atoms with Crippen LogP contribution in [0.15, 0.2) is 36.5 Å². The van der Waals surface area contributed by atoms with Gasteiger partial charge in [0.2, 0.25) is 0 Å². The van der Waals surface area contributed by atoms with Gasteiger partial charge in [-0.2, -0.15) is 0 Å². The molecule has 1 aromatic carbocycles. The first kappa shape index (κ1) is 8.33. The Labute approximate surface area is 70.9 Å². The van der Waals surface area contributed by atoms with Gasteiger partial charge in [-0.1, -0.05) is 12.1 Å². The second-order valence-corrected chi connectivity index (χ2v) is 2.23. The molecule has 0 atom stereocenters. The maximum Gasteiger partial charge on any atom is 0.144 e. The monoisotopic (exact) mass is 162 g/mol. The number of hydrogen-bond acceptors (Lipinski definition) is 3. The van der Waals surface area contributed by atoms with Crippen molar-refractivity contribution in [1.82, 2.24) is 0 Å². The molecule has 0 unspecified atom stereocenters. The van der Waals surface area contributed by atoms with Crippen molar-refractivity contribution in [2.24, 2.45) is 0 Å². The highest BCUT2D eigenvalue weighted by Gasteiger charge is 1.91. The van der Waals surface area contributed by atoms with Crippen molar-refractivity contribution in [3.63, 3.8) is 0 Å². The van der Waals surface area contributed by atoms with E-state index >= 15 is 0 Å². The number of para-hydroxylation sites is 2. The van der Waals surface area contributed by atoms with E-state index in [1.54, 1.807) is 12.3 Å². The zero-order chi connectivity index (χ0) is 8.81. The maximum atomic E-state index is 9.92. The summed E-state index contributed by atoms with van der Waals surface area (Å²) in [5.41, 5.74) is 7.08. The number of hydrogen-bond donors (Lipinski definition) is 2. The van der Waals surface area contributed by atoms with Crippen molar-refractivity contribution >= 4 is 17.7 Å². The van der Waals surface area contributed by atoms with E-state index in [1.807, 2.05) is 18.2 Å². The summed E-state index contributed by atoms with van der Waals surface area (Å²) >= 11 is 0. The van der Waals surface area contributed by atoms with E-state index < -0.39 is 0 Å². The average molecular weight is 162 g/mol. The fourth-order valence-electron chi connectivity index (χ4n) is 0.806. The first-order valence-corrected chi connectivity index (χ1v) is 3.56. The Bertz CT molecular complexity index is 294. The van der Waals surface area contributed by atoms with Crippen molar-refractivity contribution in [2.75, 3.05) is 11.1 Å². The van der Waals surface area contributed by atoms with E-state index in [1.165, 1.54) is 6.08 Å². The van der Waals surface area contributed by atoms with E-state index in [0.29, 0.717) is 12.0 Å². The second kappa shape index (κ2) is 4.18. The molecule has 0 fully saturated rings. The van der Waals surface area contributed by atoms with Gasteiger partial charge in [0.25, 0.3) is 0 Å². The number of benzene rings is 1. The molecule has 0 amide bonds. The SMILES string of the molecule is Nc1ccccc1N/C=C/C=O. The molecule has 0 aromatic heterocycles. The molecule has 0 aliphatic rings. The third kappa shape index (κ3) is 2.12. The van der Waals surface area contributed by atoms with Crippen LogP contribution < -0.4 is 11.1 Å². The lowest BCUT2D eigenvalue weighted by Crippen LogP contribution is -1.93. The lowest BCUT2D eigenvalue weighted by atomic mass is 10.3. The molecule has 0 radical (unpaired) electrons. The van der Waals surface area contributed by atoms with Crippen LogP contribution in [0.5, 0.6) is 0 Å². The summed E-state index contributed by atoms with van der Waals surface area (Å²) in [5, 5.41) is 2.88. The maximum absolute atomic E-state index is 9.92. The number of nitrogens with two attached hydrogens (primary N) is 1. The van der Waals surface area contributed by atoms with Crippen LogP contribution in [0, 0.1) is 0 Å². The van der Waals surface area contributed by atoms with E-state index in [0.717, 1.165) is 5.69 Å². The Morgan fingerprint density at radius 2 is 2.08 bits per heavy atom. The smallest absolute Gasteiger partial charge is 0.144 e. The molecule has 0 bridgehead atoms. The van der Waals surface area contributed by atoms with E-state index in [-0.39, 0.29) is 0 Å².